The highest BCUT2D eigenvalue weighted by atomic mass is 14.7. The molecular weight excluding hydrogens is 328 g/mol. The van der Waals surface area contributed by atoms with Crippen LogP contribution < -0.4 is 0 Å². The Kier molecular flexibility index (Phi) is 10.0. The van der Waals surface area contributed by atoms with Gasteiger partial charge in [0, 0.05) is 11.8 Å². The van der Waals surface area contributed by atoms with Crippen molar-refractivity contribution in [1.82, 2.24) is 0 Å². The van der Waals surface area contributed by atoms with E-state index < -0.39 is 0 Å². The molecule has 2 aromatic carbocycles. The molecule has 2 aromatic rings. The van der Waals surface area contributed by atoms with E-state index in [1.165, 1.54) is 16.7 Å². The topological polar surface area (TPSA) is 24.7 Å². The molecular formula is C25H34N2. The molecule has 0 saturated heterocycles. The van der Waals surface area contributed by atoms with Gasteiger partial charge in [-0.3, -0.25) is 9.98 Å². The molecule has 2 heteroatoms. The first-order valence-electron chi connectivity index (χ1n) is 10.1. The zero-order valence-corrected chi connectivity index (χ0v) is 17.8. The van der Waals surface area contributed by atoms with Crippen molar-refractivity contribution >= 4 is 30.4 Å². The molecule has 1 aliphatic rings. The van der Waals surface area contributed by atoms with Crippen LogP contribution in [0, 0.1) is 0 Å². The minimum Gasteiger partial charge on any atom is -0.264 e. The highest BCUT2D eigenvalue weighted by molar-refractivity contribution is 5.77. The molecule has 0 radical (unpaired) electrons. The lowest BCUT2D eigenvalue weighted by atomic mass is 9.92. The van der Waals surface area contributed by atoms with Gasteiger partial charge in [0.2, 0.25) is 0 Å². The number of aliphatic imine (C=N–C) groups is 2. The molecule has 0 fully saturated rings. The van der Waals surface area contributed by atoms with Crippen LogP contribution in [0.2, 0.25) is 0 Å². The number of nitrogens with zero attached hydrogens (tertiary/aromatic N) is 2. The summed E-state index contributed by atoms with van der Waals surface area (Å²) in [6.45, 7) is 16.0. The zero-order chi connectivity index (χ0) is 20.2. The van der Waals surface area contributed by atoms with Gasteiger partial charge < -0.3 is 0 Å². The molecule has 1 heterocycles. The molecule has 0 saturated carbocycles. The molecule has 0 N–H and O–H groups in total. The van der Waals surface area contributed by atoms with Crippen LogP contribution in [0.3, 0.4) is 0 Å². The van der Waals surface area contributed by atoms with E-state index >= 15 is 0 Å². The van der Waals surface area contributed by atoms with Gasteiger partial charge in [-0.15, -0.1) is 0 Å². The Morgan fingerprint density at radius 1 is 1.04 bits per heavy atom. The Labute approximate surface area is 165 Å². The van der Waals surface area contributed by atoms with Crippen LogP contribution in [0.1, 0.15) is 71.4 Å². The van der Waals surface area contributed by atoms with Gasteiger partial charge in [-0.05, 0) is 73.4 Å². The lowest BCUT2D eigenvalue weighted by Crippen LogP contribution is -1.93. The fourth-order valence-electron chi connectivity index (χ4n) is 3.08. The molecule has 1 unspecified atom stereocenters. The highest BCUT2D eigenvalue weighted by Gasteiger charge is 2.14. The minimum absolute atomic E-state index is 0.538. The molecule has 27 heavy (non-hydrogen) atoms. The molecule has 1 atom stereocenters. The summed E-state index contributed by atoms with van der Waals surface area (Å²) in [7, 11) is 0. The maximum atomic E-state index is 4.59. The van der Waals surface area contributed by atoms with E-state index in [9.17, 15) is 0 Å². The highest BCUT2D eigenvalue weighted by Crippen LogP contribution is 2.36. The van der Waals surface area contributed by atoms with Crippen LogP contribution >= 0.6 is 0 Å². The van der Waals surface area contributed by atoms with Crippen molar-refractivity contribution < 1.29 is 0 Å². The Morgan fingerprint density at radius 3 is 2.37 bits per heavy atom. The van der Waals surface area contributed by atoms with E-state index in [-0.39, 0.29) is 0 Å². The van der Waals surface area contributed by atoms with E-state index in [0.717, 1.165) is 29.8 Å². The fourth-order valence-corrected chi connectivity index (χ4v) is 3.08. The maximum Gasteiger partial charge on any atom is 0.0695 e. The summed E-state index contributed by atoms with van der Waals surface area (Å²) >= 11 is 0. The first-order chi connectivity index (χ1) is 13.2. The maximum absolute atomic E-state index is 4.59. The van der Waals surface area contributed by atoms with Crippen molar-refractivity contribution in [2.45, 2.75) is 60.3 Å². The van der Waals surface area contributed by atoms with Crippen molar-refractivity contribution in [3.63, 3.8) is 0 Å². The van der Waals surface area contributed by atoms with Crippen LogP contribution in [0.5, 0.6) is 0 Å². The Hall–Kier alpha value is -2.48. The predicted octanol–water partition coefficient (Wildman–Crippen LogP) is 8.37. The van der Waals surface area contributed by atoms with Gasteiger partial charge in [-0.25, -0.2) is 0 Å². The van der Waals surface area contributed by atoms with Crippen LogP contribution in [0.15, 0.2) is 52.5 Å². The predicted molar refractivity (Wildman–Crippen MR) is 124 cm³/mol. The summed E-state index contributed by atoms with van der Waals surface area (Å²) in [4.78, 5) is 8.69. The summed E-state index contributed by atoms with van der Waals surface area (Å²) in [6, 6.07) is 12.9. The van der Waals surface area contributed by atoms with E-state index in [0.29, 0.717) is 5.92 Å². The van der Waals surface area contributed by atoms with Gasteiger partial charge in [0.05, 0.1) is 11.4 Å². The lowest BCUT2D eigenvalue weighted by Gasteiger charge is -2.14. The standard InChI is InChI=1S/C21H22N2.2C2H6/c1-4-6-18-13-16(8-10-20(18)22-3)17-9-11-21-19(14-17)15(2)7-5-12-23-21;2*1-2/h4,6,8-15H,3,5,7H2,1-2H3;2*1-2H3/b6-4-;;. The Bertz CT molecular complexity index is 785. The van der Waals surface area contributed by atoms with Gasteiger partial charge in [0.15, 0.2) is 0 Å². The van der Waals surface area contributed by atoms with Crippen molar-refractivity contribution in [3.05, 3.63) is 53.6 Å². The number of fused-ring (bicyclic) bond motifs is 1. The second-order valence-electron chi connectivity index (χ2n) is 6.00. The minimum atomic E-state index is 0.538. The summed E-state index contributed by atoms with van der Waals surface area (Å²) in [5.74, 6) is 0.538. The summed E-state index contributed by atoms with van der Waals surface area (Å²) in [5, 5.41) is 0. The molecule has 0 amide bonds. The van der Waals surface area contributed by atoms with Crippen molar-refractivity contribution in [2.75, 3.05) is 0 Å². The Balaban J connectivity index is 0.000000855. The third kappa shape index (κ3) is 5.75. The van der Waals surface area contributed by atoms with Crippen LogP contribution in [0.25, 0.3) is 17.2 Å². The lowest BCUT2D eigenvalue weighted by molar-refractivity contribution is 0.715. The summed E-state index contributed by atoms with van der Waals surface area (Å²) in [5.41, 5.74) is 6.90. The molecule has 0 aromatic heterocycles. The van der Waals surface area contributed by atoms with Crippen LogP contribution in [0.4, 0.5) is 11.4 Å². The van der Waals surface area contributed by atoms with E-state index in [1.54, 1.807) is 0 Å². The van der Waals surface area contributed by atoms with Crippen LogP contribution in [-0.2, 0) is 0 Å². The molecule has 0 spiro atoms. The first kappa shape index (κ1) is 22.6. The smallest absolute Gasteiger partial charge is 0.0695 e. The quantitative estimate of drug-likeness (QED) is 0.490. The van der Waals surface area contributed by atoms with Crippen molar-refractivity contribution in [3.8, 4) is 11.1 Å². The van der Waals surface area contributed by atoms with E-state index in [1.807, 2.05) is 53.0 Å². The largest absolute Gasteiger partial charge is 0.264 e. The molecule has 0 bridgehead atoms. The van der Waals surface area contributed by atoms with Crippen LogP contribution in [-0.4, -0.2) is 12.9 Å². The van der Waals surface area contributed by atoms with Gasteiger partial charge in [0.1, 0.15) is 0 Å². The van der Waals surface area contributed by atoms with Gasteiger partial charge in [0.25, 0.3) is 0 Å². The number of allylic oxidation sites excluding steroid dienone is 1. The normalized spacial score (nSPS) is 15.0. The number of rotatable bonds is 3. The zero-order valence-electron chi connectivity index (χ0n) is 17.8. The van der Waals surface area contributed by atoms with Crippen molar-refractivity contribution in [1.29, 1.82) is 0 Å². The molecule has 3 rings (SSSR count). The van der Waals surface area contributed by atoms with E-state index in [4.69, 9.17) is 0 Å². The third-order valence-electron chi connectivity index (χ3n) is 4.40. The molecule has 0 aliphatic carbocycles. The summed E-state index contributed by atoms with van der Waals surface area (Å²) in [6.07, 6.45) is 8.35. The summed E-state index contributed by atoms with van der Waals surface area (Å²) < 4.78 is 0. The van der Waals surface area contributed by atoms with E-state index in [2.05, 4.69) is 60.0 Å². The average molecular weight is 363 g/mol. The molecule has 1 aliphatic heterocycles. The monoisotopic (exact) mass is 362 g/mol. The second kappa shape index (κ2) is 12.0. The average Bonchev–Trinajstić information content (AvgIpc) is 2.92. The van der Waals surface area contributed by atoms with Crippen molar-refractivity contribution in [2.24, 2.45) is 9.98 Å². The third-order valence-corrected chi connectivity index (χ3v) is 4.40. The molecule has 2 nitrogen and oxygen atoms in total. The first-order valence-corrected chi connectivity index (χ1v) is 10.1. The van der Waals surface area contributed by atoms with Gasteiger partial charge in [-0.1, -0.05) is 58.9 Å². The molecule has 144 valence electrons. The van der Waals surface area contributed by atoms with Gasteiger partial charge >= 0.3 is 0 Å². The Morgan fingerprint density at radius 2 is 1.70 bits per heavy atom. The second-order valence-corrected chi connectivity index (χ2v) is 6.00. The SMILES string of the molecule is C=Nc1ccc(-c2ccc3c(c2)C(C)CCC=N3)cc1/C=C\C.CC.CC. The number of hydrogen-bond donors (Lipinski definition) is 0. The fraction of sp³-hybridized carbons (Fsp3) is 0.360. The number of benzene rings is 2. The number of hydrogen-bond acceptors (Lipinski definition) is 2. The van der Waals surface area contributed by atoms with Gasteiger partial charge in [-0.2, -0.15) is 0 Å².